The Morgan fingerprint density at radius 1 is 1.64 bits per heavy atom. The molecule has 2 saturated heterocycles. The fraction of sp³-hybridized carbons (Fsp3) is 0.714. The number of rotatable bonds is 5. The van der Waals surface area contributed by atoms with Crippen molar-refractivity contribution in [3.05, 3.63) is 22.2 Å². The largest absolute Gasteiger partial charge is 0.383 e. The van der Waals surface area contributed by atoms with Gasteiger partial charge in [-0.25, -0.2) is 4.79 Å². The number of hydrogen-bond donors (Lipinski definition) is 2. The summed E-state index contributed by atoms with van der Waals surface area (Å²) in [6.07, 6.45) is 0.710. The van der Waals surface area contributed by atoms with Gasteiger partial charge in [0, 0.05) is 25.3 Å². The predicted molar refractivity (Wildman–Crippen MR) is 93.5 cm³/mol. The first-order valence-corrected chi connectivity index (χ1v) is 10.5. The van der Waals surface area contributed by atoms with Gasteiger partial charge in [-0.05, 0) is 25.2 Å². The van der Waals surface area contributed by atoms with Crippen molar-refractivity contribution in [2.24, 2.45) is 0 Å². The number of aryl methyl sites for hydroxylation is 1. The highest BCUT2D eigenvalue weighted by molar-refractivity contribution is 8.07. The third-order valence-corrected chi connectivity index (χ3v) is 6.47. The van der Waals surface area contributed by atoms with E-state index < -0.39 is 36.4 Å². The number of ether oxygens (including phenoxy) is 2. The maximum absolute atomic E-state index is 12.3. The Kier molecular flexibility index (Phi) is 5.06. The SMILES string of the molecule is CCC12CCO[C@H]([C@H](n3cc(C)c(N)nc3=O)O1)[C@H]2OP(O)(=S)OC. The molecule has 0 amide bonds. The summed E-state index contributed by atoms with van der Waals surface area (Å²) in [5.74, 6) is 0.173. The van der Waals surface area contributed by atoms with E-state index in [0.29, 0.717) is 25.0 Å². The van der Waals surface area contributed by atoms with Crippen LogP contribution in [0, 0.1) is 6.92 Å². The molecule has 9 nitrogen and oxygen atoms in total. The first-order chi connectivity index (χ1) is 11.7. The highest BCUT2D eigenvalue weighted by Gasteiger charge is 2.60. The smallest absolute Gasteiger partial charge is 0.351 e. The molecule has 2 fully saturated rings. The quantitative estimate of drug-likeness (QED) is 0.704. The van der Waals surface area contributed by atoms with Gasteiger partial charge in [-0.2, -0.15) is 4.98 Å². The summed E-state index contributed by atoms with van der Waals surface area (Å²) in [6.45, 7) is 0.722. The molecule has 2 aliphatic heterocycles. The molecule has 0 aliphatic carbocycles. The minimum absolute atomic E-state index is 0.173. The summed E-state index contributed by atoms with van der Waals surface area (Å²) in [4.78, 5) is 26.2. The summed E-state index contributed by atoms with van der Waals surface area (Å²) in [6, 6.07) is 0. The topological polar surface area (TPSA) is 118 Å². The molecule has 1 aromatic rings. The molecule has 2 unspecified atom stereocenters. The zero-order valence-electron chi connectivity index (χ0n) is 14.2. The van der Waals surface area contributed by atoms with Gasteiger partial charge >= 0.3 is 12.4 Å². The molecular formula is C14H22N3O6PS. The molecule has 0 saturated carbocycles. The fourth-order valence-corrected chi connectivity index (χ4v) is 4.31. The van der Waals surface area contributed by atoms with Crippen LogP contribution in [0.5, 0.6) is 0 Å². The van der Waals surface area contributed by atoms with Crippen molar-refractivity contribution < 1.29 is 23.4 Å². The lowest BCUT2D eigenvalue weighted by Gasteiger charge is -2.38. The van der Waals surface area contributed by atoms with E-state index in [1.807, 2.05) is 6.92 Å². The Labute approximate surface area is 150 Å². The lowest BCUT2D eigenvalue weighted by molar-refractivity contribution is -0.117. The molecule has 2 aliphatic rings. The summed E-state index contributed by atoms with van der Waals surface area (Å²) in [7, 11) is 1.29. The van der Waals surface area contributed by atoms with Gasteiger partial charge in [-0.1, -0.05) is 6.92 Å². The zero-order valence-corrected chi connectivity index (χ0v) is 16.0. The maximum atomic E-state index is 12.3. The summed E-state index contributed by atoms with van der Waals surface area (Å²) >= 11 is 4.99. The number of nitrogen functional groups attached to an aromatic ring is 1. The third kappa shape index (κ3) is 3.28. The van der Waals surface area contributed by atoms with Gasteiger partial charge in [0.05, 0.1) is 6.61 Å². The second kappa shape index (κ2) is 6.70. The lowest BCUT2D eigenvalue weighted by atomic mass is 9.87. The first-order valence-electron chi connectivity index (χ1n) is 7.94. The van der Waals surface area contributed by atoms with Gasteiger partial charge in [0.2, 0.25) is 0 Å². The molecule has 140 valence electrons. The Bertz CT molecular complexity index is 773. The van der Waals surface area contributed by atoms with Crippen LogP contribution < -0.4 is 11.4 Å². The van der Waals surface area contributed by atoms with Crippen LogP contribution in [0.15, 0.2) is 11.0 Å². The van der Waals surface area contributed by atoms with Crippen molar-refractivity contribution in [2.75, 3.05) is 19.5 Å². The highest BCUT2D eigenvalue weighted by atomic mass is 32.5. The summed E-state index contributed by atoms with van der Waals surface area (Å²) in [5, 5.41) is 0. The molecule has 0 spiro atoms. The molecule has 25 heavy (non-hydrogen) atoms. The van der Waals surface area contributed by atoms with Crippen LogP contribution in [0.4, 0.5) is 5.82 Å². The lowest BCUT2D eigenvalue weighted by Crippen LogP contribution is -2.49. The van der Waals surface area contributed by atoms with Crippen molar-refractivity contribution in [1.29, 1.82) is 0 Å². The number of fused-ring (bicyclic) bond motifs is 2. The van der Waals surface area contributed by atoms with E-state index in [1.54, 1.807) is 13.1 Å². The zero-order chi connectivity index (χ0) is 18.4. The molecule has 5 atom stereocenters. The van der Waals surface area contributed by atoms with Crippen molar-refractivity contribution in [1.82, 2.24) is 9.55 Å². The van der Waals surface area contributed by atoms with Crippen LogP contribution in [0.1, 0.15) is 31.6 Å². The molecule has 11 heteroatoms. The maximum Gasteiger partial charge on any atom is 0.351 e. The van der Waals surface area contributed by atoms with Crippen molar-refractivity contribution in [2.45, 2.75) is 50.7 Å². The number of nitrogens with two attached hydrogens (primary N) is 1. The van der Waals surface area contributed by atoms with Crippen molar-refractivity contribution in [3.63, 3.8) is 0 Å². The van der Waals surface area contributed by atoms with Gasteiger partial charge < -0.3 is 24.6 Å². The molecule has 3 heterocycles. The standard InChI is InChI=1S/C14H22N3O6PS/c1-4-14-5-6-21-9(10(14)23-24(19,25)20-3)12(22-14)17-7-8(2)11(15)16-13(17)18/h7,9-10,12H,4-6H2,1-3H3,(H,19,25)(H2,15,16,18)/t9-,10+,12+,14?,24?/m0/s1. The number of aromatic nitrogens is 2. The molecule has 0 radical (unpaired) electrons. The molecule has 0 aromatic carbocycles. The van der Waals surface area contributed by atoms with Crippen molar-refractivity contribution >= 4 is 24.3 Å². The number of hydrogen-bond acceptors (Lipinski definition) is 8. The van der Waals surface area contributed by atoms with Crippen LogP contribution in [-0.2, 0) is 30.3 Å². The average molecular weight is 391 g/mol. The summed E-state index contributed by atoms with van der Waals surface area (Å²) in [5.41, 5.74) is 5.08. The highest BCUT2D eigenvalue weighted by Crippen LogP contribution is 2.54. The third-order valence-electron chi connectivity index (χ3n) is 4.81. The Balaban J connectivity index is 2.02. The average Bonchev–Trinajstić information content (AvgIpc) is 2.73. The van der Waals surface area contributed by atoms with E-state index in [1.165, 1.54) is 11.7 Å². The Morgan fingerprint density at radius 3 is 3.00 bits per heavy atom. The van der Waals surface area contributed by atoms with E-state index in [2.05, 4.69) is 4.98 Å². The molecule has 1 aromatic heterocycles. The van der Waals surface area contributed by atoms with Gasteiger partial charge in [-0.15, -0.1) is 0 Å². The molecule has 3 rings (SSSR count). The van der Waals surface area contributed by atoms with Gasteiger partial charge in [0.25, 0.3) is 0 Å². The number of anilines is 1. The minimum Gasteiger partial charge on any atom is -0.383 e. The van der Waals surface area contributed by atoms with Crippen LogP contribution in [-0.4, -0.2) is 46.0 Å². The minimum atomic E-state index is -3.43. The first kappa shape index (κ1) is 18.9. The Morgan fingerprint density at radius 2 is 2.36 bits per heavy atom. The van der Waals surface area contributed by atoms with Crippen LogP contribution in [0.25, 0.3) is 0 Å². The molecule has 3 N–H and O–H groups in total. The van der Waals surface area contributed by atoms with E-state index >= 15 is 0 Å². The predicted octanol–water partition coefficient (Wildman–Crippen LogP) is 0.849. The molecule has 2 bridgehead atoms. The van der Waals surface area contributed by atoms with Gasteiger partial charge in [0.15, 0.2) is 6.23 Å². The van der Waals surface area contributed by atoms with E-state index in [0.717, 1.165) is 0 Å². The monoisotopic (exact) mass is 391 g/mol. The number of nitrogens with zero attached hydrogens (tertiary/aromatic N) is 2. The van der Waals surface area contributed by atoms with Crippen LogP contribution >= 0.6 is 6.72 Å². The van der Waals surface area contributed by atoms with Crippen LogP contribution in [0.2, 0.25) is 0 Å². The van der Waals surface area contributed by atoms with Gasteiger partial charge in [-0.3, -0.25) is 9.09 Å². The normalized spacial score (nSPS) is 34.0. The second-order valence-corrected chi connectivity index (χ2v) is 9.09. The summed E-state index contributed by atoms with van der Waals surface area (Å²) < 4.78 is 24.0. The Hall–Kier alpha value is -0.870. The van der Waals surface area contributed by atoms with Gasteiger partial charge in [0.1, 0.15) is 23.6 Å². The van der Waals surface area contributed by atoms with E-state index in [4.69, 9.17) is 36.1 Å². The second-order valence-electron chi connectivity index (χ2n) is 6.19. The van der Waals surface area contributed by atoms with Crippen molar-refractivity contribution in [3.8, 4) is 0 Å². The van der Waals surface area contributed by atoms with E-state index in [9.17, 15) is 9.69 Å². The van der Waals surface area contributed by atoms with E-state index in [-0.39, 0.29) is 5.82 Å². The van der Waals surface area contributed by atoms with Crippen LogP contribution in [0.3, 0.4) is 0 Å². The fourth-order valence-electron chi connectivity index (χ4n) is 3.34. The molecular weight excluding hydrogens is 369 g/mol.